The number of carbonyl (C=O) groups excluding carboxylic acids is 1. The molecule has 1 atom stereocenters. The first-order valence-electron chi connectivity index (χ1n) is 13.6. The third kappa shape index (κ3) is 7.16. The molecule has 0 bridgehead atoms. The van der Waals surface area contributed by atoms with E-state index in [-0.39, 0.29) is 12.6 Å². The number of fused-ring (bicyclic) bond motifs is 1. The third-order valence-corrected chi connectivity index (χ3v) is 7.01. The SMILES string of the molecule is CCCNC(=O)Nc1ccc(Oc2ccnc3cc(OC[C@H](O)CN4CCCCC4)c(C#N)cc23)c(C)c1C. The Balaban J connectivity index is 1.50. The van der Waals surface area contributed by atoms with Crippen LogP contribution in [0.5, 0.6) is 17.2 Å². The number of likely N-dealkylation sites (tertiary alicyclic amines) is 1. The van der Waals surface area contributed by atoms with E-state index in [0.717, 1.165) is 43.5 Å². The lowest BCUT2D eigenvalue weighted by molar-refractivity contribution is 0.0617. The molecule has 0 radical (unpaired) electrons. The van der Waals surface area contributed by atoms with Gasteiger partial charge in [0.05, 0.1) is 11.1 Å². The number of pyridine rings is 1. The van der Waals surface area contributed by atoms with Crippen LogP contribution >= 0.6 is 0 Å². The largest absolute Gasteiger partial charge is 0.489 e. The molecule has 39 heavy (non-hydrogen) atoms. The van der Waals surface area contributed by atoms with Gasteiger partial charge in [-0.25, -0.2) is 4.79 Å². The van der Waals surface area contributed by atoms with Crippen molar-refractivity contribution in [3.8, 4) is 23.3 Å². The Hall–Kier alpha value is -3.87. The molecule has 1 aliphatic heterocycles. The first-order chi connectivity index (χ1) is 18.9. The number of nitrogens with zero attached hydrogens (tertiary/aromatic N) is 3. The Morgan fingerprint density at radius 2 is 1.92 bits per heavy atom. The summed E-state index contributed by atoms with van der Waals surface area (Å²) < 4.78 is 12.2. The van der Waals surface area contributed by atoms with Gasteiger partial charge in [-0.15, -0.1) is 0 Å². The van der Waals surface area contributed by atoms with Gasteiger partial charge in [-0.3, -0.25) is 4.98 Å². The number of benzene rings is 2. The van der Waals surface area contributed by atoms with E-state index >= 15 is 0 Å². The average molecular weight is 532 g/mol. The monoisotopic (exact) mass is 531 g/mol. The van der Waals surface area contributed by atoms with Crippen molar-refractivity contribution in [2.45, 2.75) is 52.6 Å². The fourth-order valence-corrected chi connectivity index (χ4v) is 4.69. The van der Waals surface area contributed by atoms with Gasteiger partial charge in [0.15, 0.2) is 0 Å². The Morgan fingerprint density at radius 1 is 1.13 bits per heavy atom. The molecule has 1 saturated heterocycles. The van der Waals surface area contributed by atoms with E-state index in [1.54, 1.807) is 24.4 Å². The highest BCUT2D eigenvalue weighted by Crippen LogP contribution is 2.36. The summed E-state index contributed by atoms with van der Waals surface area (Å²) in [5.74, 6) is 1.58. The molecule has 206 valence electrons. The molecule has 1 aliphatic rings. The molecule has 3 N–H and O–H groups in total. The van der Waals surface area contributed by atoms with Crippen LogP contribution in [0.15, 0.2) is 36.5 Å². The van der Waals surface area contributed by atoms with Crippen LogP contribution in [-0.2, 0) is 0 Å². The number of hydrogen-bond donors (Lipinski definition) is 3. The molecular weight excluding hydrogens is 494 g/mol. The number of nitriles is 1. The summed E-state index contributed by atoms with van der Waals surface area (Å²) in [7, 11) is 0. The second kappa shape index (κ2) is 13.3. The zero-order valence-electron chi connectivity index (χ0n) is 22.9. The number of aromatic nitrogens is 1. The van der Waals surface area contributed by atoms with Gasteiger partial charge in [-0.1, -0.05) is 13.3 Å². The number of piperidine rings is 1. The van der Waals surface area contributed by atoms with E-state index < -0.39 is 6.10 Å². The van der Waals surface area contributed by atoms with Crippen LogP contribution in [0.4, 0.5) is 10.5 Å². The number of aliphatic hydroxyl groups excluding tert-OH is 1. The minimum atomic E-state index is -0.644. The predicted octanol–water partition coefficient (Wildman–Crippen LogP) is 5.27. The van der Waals surface area contributed by atoms with Crippen molar-refractivity contribution >= 4 is 22.6 Å². The standard InChI is InChI=1S/C30H37N5O4/c1-4-11-33-30(37)34-25-8-9-27(21(3)20(25)2)39-28-10-12-32-26-16-29(22(17-31)15-24(26)28)38-19-23(36)18-35-13-6-5-7-14-35/h8-10,12,15-16,23,36H,4-7,11,13-14,18-19H2,1-3H3,(H2,33,34,37)/t23-/m1/s1. The normalized spacial score (nSPS) is 14.4. The molecule has 0 unspecified atom stereocenters. The summed E-state index contributed by atoms with van der Waals surface area (Å²) in [5, 5.41) is 26.7. The topological polar surface area (TPSA) is 120 Å². The van der Waals surface area contributed by atoms with Crippen LogP contribution in [-0.4, -0.2) is 59.9 Å². The maximum absolute atomic E-state index is 12.1. The number of nitrogens with one attached hydrogen (secondary N) is 2. The summed E-state index contributed by atoms with van der Waals surface area (Å²) in [5.41, 5.74) is 3.46. The summed E-state index contributed by atoms with van der Waals surface area (Å²) in [6.45, 7) is 9.12. The Kier molecular flexibility index (Phi) is 9.58. The number of rotatable bonds is 10. The second-order valence-corrected chi connectivity index (χ2v) is 9.96. The van der Waals surface area contributed by atoms with Crippen LogP contribution < -0.4 is 20.1 Å². The Morgan fingerprint density at radius 3 is 2.67 bits per heavy atom. The Labute approximate surface area is 229 Å². The maximum Gasteiger partial charge on any atom is 0.319 e. The van der Waals surface area contributed by atoms with Crippen molar-refractivity contribution in [3.05, 3.63) is 53.2 Å². The van der Waals surface area contributed by atoms with Crippen molar-refractivity contribution in [2.24, 2.45) is 0 Å². The molecule has 2 heterocycles. The first kappa shape index (κ1) is 28.1. The number of β-amino-alcohol motifs (C(OH)–C–C–N with tert-alkyl or cyclic N) is 1. The van der Waals surface area contributed by atoms with Crippen LogP contribution in [0, 0.1) is 25.2 Å². The second-order valence-electron chi connectivity index (χ2n) is 9.96. The molecule has 0 saturated carbocycles. The van der Waals surface area contributed by atoms with Crippen molar-refractivity contribution < 1.29 is 19.4 Å². The quantitative estimate of drug-likeness (QED) is 0.326. The van der Waals surface area contributed by atoms with Crippen molar-refractivity contribution in [1.82, 2.24) is 15.2 Å². The number of anilines is 1. The zero-order valence-corrected chi connectivity index (χ0v) is 22.9. The Bertz CT molecular complexity index is 1350. The van der Waals surface area contributed by atoms with Crippen LogP contribution in [0.1, 0.15) is 49.3 Å². The highest BCUT2D eigenvalue weighted by molar-refractivity contribution is 5.91. The van der Waals surface area contributed by atoms with E-state index in [1.807, 2.05) is 32.9 Å². The fraction of sp³-hybridized carbons (Fsp3) is 0.433. The van der Waals surface area contributed by atoms with E-state index in [9.17, 15) is 15.2 Å². The van der Waals surface area contributed by atoms with Gasteiger partial charge in [0.25, 0.3) is 0 Å². The highest BCUT2D eigenvalue weighted by atomic mass is 16.5. The number of ether oxygens (including phenoxy) is 2. The van der Waals surface area contributed by atoms with E-state index in [4.69, 9.17) is 9.47 Å². The lowest BCUT2D eigenvalue weighted by Gasteiger charge is -2.28. The summed E-state index contributed by atoms with van der Waals surface area (Å²) in [6.07, 6.45) is 5.42. The van der Waals surface area contributed by atoms with Gasteiger partial charge in [0.2, 0.25) is 0 Å². The highest BCUT2D eigenvalue weighted by Gasteiger charge is 2.18. The van der Waals surface area contributed by atoms with E-state index in [2.05, 4.69) is 26.6 Å². The van der Waals surface area contributed by atoms with Gasteiger partial charge in [-0.05, 0) is 81.6 Å². The summed E-state index contributed by atoms with van der Waals surface area (Å²) >= 11 is 0. The number of carbonyl (C=O) groups is 1. The minimum absolute atomic E-state index is 0.0994. The molecule has 2 aromatic carbocycles. The molecule has 9 nitrogen and oxygen atoms in total. The molecular formula is C30H37N5O4. The molecule has 9 heteroatoms. The number of hydrogen-bond acceptors (Lipinski definition) is 7. The van der Waals surface area contributed by atoms with Crippen LogP contribution in [0.3, 0.4) is 0 Å². The van der Waals surface area contributed by atoms with Crippen molar-refractivity contribution in [3.63, 3.8) is 0 Å². The first-order valence-corrected chi connectivity index (χ1v) is 13.6. The molecule has 2 amide bonds. The third-order valence-electron chi connectivity index (χ3n) is 7.01. The van der Waals surface area contributed by atoms with Crippen LogP contribution in [0.2, 0.25) is 0 Å². The fourth-order valence-electron chi connectivity index (χ4n) is 4.69. The van der Waals surface area contributed by atoms with Crippen LogP contribution in [0.25, 0.3) is 10.9 Å². The van der Waals surface area contributed by atoms with E-state index in [1.165, 1.54) is 6.42 Å². The smallest absolute Gasteiger partial charge is 0.319 e. The lowest BCUT2D eigenvalue weighted by Crippen LogP contribution is -2.38. The van der Waals surface area contributed by atoms with Crippen molar-refractivity contribution in [1.29, 1.82) is 5.26 Å². The molecule has 3 aromatic rings. The summed E-state index contributed by atoms with van der Waals surface area (Å²) in [4.78, 5) is 18.8. The zero-order chi connectivity index (χ0) is 27.8. The molecule has 4 rings (SSSR count). The maximum atomic E-state index is 12.1. The van der Waals surface area contributed by atoms with E-state index in [0.29, 0.717) is 52.5 Å². The number of amides is 2. The molecule has 0 spiro atoms. The number of aliphatic hydroxyl groups is 1. The van der Waals surface area contributed by atoms with Gasteiger partial charge in [-0.2, -0.15) is 5.26 Å². The molecule has 1 aromatic heterocycles. The average Bonchev–Trinajstić information content (AvgIpc) is 2.95. The predicted molar refractivity (Wildman–Crippen MR) is 152 cm³/mol. The van der Waals surface area contributed by atoms with Gasteiger partial charge in [0, 0.05) is 36.4 Å². The van der Waals surface area contributed by atoms with Crippen molar-refractivity contribution in [2.75, 3.05) is 38.1 Å². The molecule has 0 aliphatic carbocycles. The minimum Gasteiger partial charge on any atom is -0.489 e. The van der Waals surface area contributed by atoms with Gasteiger partial charge < -0.3 is 30.1 Å². The van der Waals surface area contributed by atoms with Gasteiger partial charge >= 0.3 is 6.03 Å². The molecule has 1 fully saturated rings. The van der Waals surface area contributed by atoms with Gasteiger partial charge in [0.1, 0.15) is 36.0 Å². The summed E-state index contributed by atoms with van der Waals surface area (Å²) in [6, 6.07) is 10.8. The number of urea groups is 1. The lowest BCUT2D eigenvalue weighted by atomic mass is 10.1.